The number of benzene rings is 2. The lowest BCUT2D eigenvalue weighted by molar-refractivity contribution is -0.122. The predicted octanol–water partition coefficient (Wildman–Crippen LogP) is 3.06. The molecule has 0 saturated carbocycles. The Bertz CT molecular complexity index is 919. The van der Waals surface area contributed by atoms with Crippen LogP contribution in [0.1, 0.15) is 28.8 Å². The number of hydrogen-bond acceptors (Lipinski definition) is 5. The molecule has 0 aromatic heterocycles. The molecule has 8 heteroatoms. The number of rotatable bonds is 7. The number of ether oxygens (including phenoxy) is 2. The molecule has 1 unspecified atom stereocenters. The molecule has 2 aromatic carbocycles. The van der Waals surface area contributed by atoms with Crippen molar-refractivity contribution in [2.24, 2.45) is 5.73 Å². The number of anilines is 1. The van der Waals surface area contributed by atoms with E-state index in [-0.39, 0.29) is 22.9 Å². The Morgan fingerprint density at radius 3 is 2.72 bits per heavy atom. The summed E-state index contributed by atoms with van der Waals surface area (Å²) in [7, 11) is 2.97. The number of carbonyl (C=O) groups excluding carboxylic acids is 2. The van der Waals surface area contributed by atoms with E-state index in [9.17, 15) is 9.59 Å². The first-order valence-electron chi connectivity index (χ1n) is 9.28. The lowest BCUT2D eigenvalue weighted by Gasteiger charge is -2.22. The molecule has 1 heterocycles. The summed E-state index contributed by atoms with van der Waals surface area (Å²) in [4.78, 5) is 26.4. The first-order chi connectivity index (χ1) is 13.9. The Kier molecular flexibility index (Phi) is 6.61. The van der Waals surface area contributed by atoms with Gasteiger partial charge in [0.2, 0.25) is 5.91 Å². The minimum atomic E-state index is -0.318. The van der Waals surface area contributed by atoms with Crippen LogP contribution in [0.4, 0.5) is 5.69 Å². The van der Waals surface area contributed by atoms with Crippen molar-refractivity contribution in [2.45, 2.75) is 25.4 Å². The van der Waals surface area contributed by atoms with Crippen molar-refractivity contribution in [1.29, 1.82) is 0 Å². The SMILES string of the molecule is COc1cc(C(=O)Nc2cccc(CN3CCCC3C(N)=O)c2)cc(Cl)c1OC. The third-order valence-corrected chi connectivity index (χ3v) is 5.24. The highest BCUT2D eigenvalue weighted by molar-refractivity contribution is 6.32. The molecule has 1 fully saturated rings. The zero-order valence-corrected chi connectivity index (χ0v) is 17.2. The highest BCUT2D eigenvalue weighted by Crippen LogP contribution is 2.36. The van der Waals surface area contributed by atoms with Crippen LogP contribution in [0.5, 0.6) is 11.5 Å². The molecule has 1 aliphatic rings. The standard InChI is InChI=1S/C21H24ClN3O4/c1-28-18-11-14(10-16(22)19(18)29-2)21(27)24-15-6-3-5-13(9-15)12-25-8-4-7-17(25)20(23)26/h3,5-6,9-11,17H,4,7-8,12H2,1-2H3,(H2,23,26)(H,24,27). The van der Waals surface area contributed by atoms with Gasteiger partial charge in [0.1, 0.15) is 0 Å². The quantitative estimate of drug-likeness (QED) is 0.722. The second-order valence-electron chi connectivity index (χ2n) is 6.88. The van der Waals surface area contributed by atoms with Crippen LogP contribution in [0.25, 0.3) is 0 Å². The van der Waals surface area contributed by atoms with Crippen LogP contribution in [0.15, 0.2) is 36.4 Å². The second kappa shape index (κ2) is 9.15. The molecule has 1 atom stereocenters. The smallest absolute Gasteiger partial charge is 0.255 e. The van der Waals surface area contributed by atoms with Crippen LogP contribution in [-0.4, -0.2) is 43.5 Å². The Labute approximate surface area is 174 Å². The number of nitrogens with one attached hydrogen (secondary N) is 1. The van der Waals surface area contributed by atoms with E-state index in [4.69, 9.17) is 26.8 Å². The summed E-state index contributed by atoms with van der Waals surface area (Å²) in [5.74, 6) is 0.145. The van der Waals surface area contributed by atoms with Crippen molar-refractivity contribution < 1.29 is 19.1 Å². The zero-order chi connectivity index (χ0) is 21.0. The second-order valence-corrected chi connectivity index (χ2v) is 7.29. The van der Waals surface area contributed by atoms with E-state index < -0.39 is 0 Å². The van der Waals surface area contributed by atoms with Crippen LogP contribution in [0.3, 0.4) is 0 Å². The largest absolute Gasteiger partial charge is 0.493 e. The van der Waals surface area contributed by atoms with Gasteiger partial charge in [-0.3, -0.25) is 14.5 Å². The van der Waals surface area contributed by atoms with Crippen molar-refractivity contribution in [2.75, 3.05) is 26.1 Å². The first kappa shape index (κ1) is 21.0. The predicted molar refractivity (Wildman–Crippen MR) is 112 cm³/mol. The Morgan fingerprint density at radius 2 is 2.03 bits per heavy atom. The molecule has 0 radical (unpaired) electrons. The number of primary amides is 1. The van der Waals surface area contributed by atoms with E-state index in [1.54, 1.807) is 12.1 Å². The number of amides is 2. The normalized spacial score (nSPS) is 16.4. The molecule has 2 aromatic rings. The Hall–Kier alpha value is -2.77. The van der Waals surface area contributed by atoms with Gasteiger partial charge in [-0.1, -0.05) is 23.7 Å². The summed E-state index contributed by atoms with van der Waals surface area (Å²) in [5, 5.41) is 3.16. The molecule has 154 valence electrons. The number of methoxy groups -OCH3 is 2. The molecule has 0 aliphatic carbocycles. The number of nitrogens with two attached hydrogens (primary N) is 1. The van der Waals surface area contributed by atoms with Gasteiger partial charge in [-0.15, -0.1) is 0 Å². The highest BCUT2D eigenvalue weighted by atomic mass is 35.5. The summed E-state index contributed by atoms with van der Waals surface area (Å²) >= 11 is 6.19. The fourth-order valence-corrected chi connectivity index (χ4v) is 3.86. The van der Waals surface area contributed by atoms with Crippen molar-refractivity contribution in [3.63, 3.8) is 0 Å². The summed E-state index contributed by atoms with van der Waals surface area (Å²) in [6, 6.07) is 10.4. The molecule has 7 nitrogen and oxygen atoms in total. The molecule has 2 amide bonds. The van der Waals surface area contributed by atoms with Crippen LogP contribution < -0.4 is 20.5 Å². The van der Waals surface area contributed by atoms with Gasteiger partial charge in [-0.2, -0.15) is 0 Å². The summed E-state index contributed by atoms with van der Waals surface area (Å²) in [6.45, 7) is 1.42. The van der Waals surface area contributed by atoms with Gasteiger partial charge in [0.25, 0.3) is 5.91 Å². The third-order valence-electron chi connectivity index (χ3n) is 4.96. The molecule has 1 saturated heterocycles. The van der Waals surface area contributed by atoms with Crippen molar-refractivity contribution in [1.82, 2.24) is 4.90 Å². The molecule has 0 bridgehead atoms. The molecule has 0 spiro atoms. The van der Waals surface area contributed by atoms with Crippen LogP contribution >= 0.6 is 11.6 Å². The summed E-state index contributed by atoms with van der Waals surface area (Å²) < 4.78 is 10.4. The van der Waals surface area contributed by atoms with Crippen LogP contribution in [-0.2, 0) is 11.3 Å². The maximum absolute atomic E-state index is 12.7. The first-order valence-corrected chi connectivity index (χ1v) is 9.66. The van der Waals surface area contributed by atoms with Crippen molar-refractivity contribution >= 4 is 29.1 Å². The summed E-state index contributed by atoms with van der Waals surface area (Å²) in [6.07, 6.45) is 1.73. The maximum Gasteiger partial charge on any atom is 0.255 e. The van der Waals surface area contributed by atoms with Gasteiger partial charge in [-0.05, 0) is 49.2 Å². The lowest BCUT2D eigenvalue weighted by Crippen LogP contribution is -2.39. The molecule has 3 rings (SSSR count). The fraction of sp³-hybridized carbons (Fsp3) is 0.333. The van der Waals surface area contributed by atoms with Gasteiger partial charge in [-0.25, -0.2) is 0 Å². The molecule has 3 N–H and O–H groups in total. The van der Waals surface area contributed by atoms with Gasteiger partial charge in [0.05, 0.1) is 25.3 Å². The van der Waals surface area contributed by atoms with E-state index in [1.807, 2.05) is 18.2 Å². The minimum absolute atomic E-state index is 0.234. The topological polar surface area (TPSA) is 93.9 Å². The van der Waals surface area contributed by atoms with Gasteiger partial charge >= 0.3 is 0 Å². The average Bonchev–Trinajstić information content (AvgIpc) is 3.16. The van der Waals surface area contributed by atoms with E-state index in [1.165, 1.54) is 20.3 Å². The average molecular weight is 418 g/mol. The number of halogens is 1. The van der Waals surface area contributed by atoms with Crippen LogP contribution in [0.2, 0.25) is 5.02 Å². The number of likely N-dealkylation sites (tertiary alicyclic amines) is 1. The van der Waals surface area contributed by atoms with E-state index in [0.29, 0.717) is 29.3 Å². The molecular weight excluding hydrogens is 394 g/mol. The number of carbonyl (C=O) groups is 2. The number of nitrogens with zero attached hydrogens (tertiary/aromatic N) is 1. The Morgan fingerprint density at radius 1 is 1.24 bits per heavy atom. The van der Waals surface area contributed by atoms with E-state index >= 15 is 0 Å². The Balaban J connectivity index is 1.74. The zero-order valence-electron chi connectivity index (χ0n) is 16.4. The van der Waals surface area contributed by atoms with E-state index in [2.05, 4.69) is 10.2 Å². The van der Waals surface area contributed by atoms with Crippen molar-refractivity contribution in [3.8, 4) is 11.5 Å². The highest BCUT2D eigenvalue weighted by Gasteiger charge is 2.28. The maximum atomic E-state index is 12.7. The third kappa shape index (κ3) is 4.81. The van der Waals surface area contributed by atoms with Gasteiger partial charge in [0, 0.05) is 17.8 Å². The van der Waals surface area contributed by atoms with Crippen molar-refractivity contribution in [3.05, 3.63) is 52.5 Å². The molecular formula is C21H24ClN3O4. The monoisotopic (exact) mass is 417 g/mol. The minimum Gasteiger partial charge on any atom is -0.493 e. The fourth-order valence-electron chi connectivity index (χ4n) is 3.57. The summed E-state index contributed by atoms with van der Waals surface area (Å²) in [5.41, 5.74) is 7.48. The molecule has 1 aliphatic heterocycles. The van der Waals surface area contributed by atoms with Crippen LogP contribution in [0, 0.1) is 0 Å². The lowest BCUT2D eigenvalue weighted by atomic mass is 10.1. The van der Waals surface area contributed by atoms with Gasteiger partial charge in [0.15, 0.2) is 11.5 Å². The number of hydrogen-bond donors (Lipinski definition) is 2. The van der Waals surface area contributed by atoms with Gasteiger partial charge < -0.3 is 20.5 Å². The molecule has 29 heavy (non-hydrogen) atoms. The van der Waals surface area contributed by atoms with E-state index in [0.717, 1.165) is 24.9 Å².